The van der Waals surface area contributed by atoms with E-state index in [1.54, 1.807) is 47.7 Å². The van der Waals surface area contributed by atoms with Gasteiger partial charge in [0.15, 0.2) is 5.96 Å². The zero-order chi connectivity index (χ0) is 18.4. The van der Waals surface area contributed by atoms with Crippen molar-refractivity contribution in [2.24, 2.45) is 4.99 Å². The Morgan fingerprint density at radius 1 is 1.33 bits per heavy atom. The summed E-state index contributed by atoms with van der Waals surface area (Å²) in [5, 5.41) is 9.58. The van der Waals surface area contributed by atoms with Gasteiger partial charge in [-0.15, -0.1) is 35.3 Å². The average Bonchev–Trinajstić information content (AvgIpc) is 3.30. The zero-order valence-corrected chi connectivity index (χ0v) is 18.3. The number of benzene rings is 1. The average molecular weight is 500 g/mol. The van der Waals surface area contributed by atoms with Gasteiger partial charge in [0.2, 0.25) is 0 Å². The molecule has 0 bridgehead atoms. The molecule has 3 aromatic rings. The van der Waals surface area contributed by atoms with Crippen LogP contribution in [0.15, 0.2) is 47.3 Å². The van der Waals surface area contributed by atoms with E-state index in [-0.39, 0.29) is 29.8 Å². The van der Waals surface area contributed by atoms with Crippen LogP contribution in [0.25, 0.3) is 5.69 Å². The van der Waals surface area contributed by atoms with Crippen LogP contribution in [0.5, 0.6) is 0 Å². The van der Waals surface area contributed by atoms with Crippen LogP contribution in [0.1, 0.15) is 16.3 Å². The molecule has 0 unspecified atom stereocenters. The summed E-state index contributed by atoms with van der Waals surface area (Å²) in [5.41, 5.74) is 2.39. The summed E-state index contributed by atoms with van der Waals surface area (Å²) < 4.78 is 15.9. The van der Waals surface area contributed by atoms with Crippen LogP contribution in [-0.2, 0) is 13.0 Å². The number of hydrogen-bond donors (Lipinski definition) is 2. The van der Waals surface area contributed by atoms with Crippen molar-refractivity contribution in [1.29, 1.82) is 0 Å². The fraction of sp³-hybridized carbons (Fsp3) is 0.278. The Balaban J connectivity index is 0.00000261. The molecule has 0 amide bonds. The van der Waals surface area contributed by atoms with Crippen molar-refractivity contribution < 1.29 is 4.39 Å². The topological polar surface area (TPSA) is 67.1 Å². The van der Waals surface area contributed by atoms with Crippen molar-refractivity contribution in [3.05, 3.63) is 64.4 Å². The lowest BCUT2D eigenvalue weighted by molar-refractivity contribution is 0.615. The number of aryl methyl sites for hydroxylation is 1. The van der Waals surface area contributed by atoms with E-state index in [4.69, 9.17) is 0 Å². The smallest absolute Gasteiger partial charge is 0.191 e. The third-order valence-corrected chi connectivity index (χ3v) is 4.64. The molecule has 144 valence electrons. The minimum Gasteiger partial charge on any atom is -0.356 e. The van der Waals surface area contributed by atoms with Gasteiger partial charge in [0.25, 0.3) is 0 Å². The van der Waals surface area contributed by atoms with Crippen molar-refractivity contribution in [2.75, 3.05) is 13.6 Å². The lowest BCUT2D eigenvalue weighted by atomic mass is 10.2. The van der Waals surface area contributed by atoms with E-state index >= 15 is 0 Å². The Morgan fingerprint density at radius 3 is 2.81 bits per heavy atom. The van der Waals surface area contributed by atoms with E-state index in [1.807, 2.05) is 13.0 Å². The van der Waals surface area contributed by atoms with Gasteiger partial charge in [0.05, 0.1) is 22.7 Å². The summed E-state index contributed by atoms with van der Waals surface area (Å²) in [6.07, 6.45) is 5.74. The fourth-order valence-electron chi connectivity index (χ4n) is 2.51. The number of aliphatic imine (C=N–C) groups is 1. The molecule has 9 heteroatoms. The van der Waals surface area contributed by atoms with Gasteiger partial charge in [0.1, 0.15) is 5.82 Å². The Morgan fingerprint density at radius 2 is 2.19 bits per heavy atom. The molecule has 0 atom stereocenters. The van der Waals surface area contributed by atoms with Crippen LogP contribution in [0.4, 0.5) is 4.39 Å². The summed E-state index contributed by atoms with van der Waals surface area (Å²) >= 11 is 1.65. The zero-order valence-electron chi connectivity index (χ0n) is 15.1. The van der Waals surface area contributed by atoms with Crippen molar-refractivity contribution in [2.45, 2.75) is 19.9 Å². The second-order valence-corrected chi connectivity index (χ2v) is 6.78. The largest absolute Gasteiger partial charge is 0.356 e. The Hall–Kier alpha value is -2.01. The number of hydrogen-bond acceptors (Lipinski definition) is 4. The number of guanidine groups is 1. The van der Waals surface area contributed by atoms with Crippen LogP contribution in [0, 0.1) is 12.7 Å². The van der Waals surface area contributed by atoms with Crippen LogP contribution in [0.3, 0.4) is 0 Å². The van der Waals surface area contributed by atoms with E-state index in [0.717, 1.165) is 29.2 Å². The van der Waals surface area contributed by atoms with Crippen molar-refractivity contribution in [1.82, 2.24) is 25.2 Å². The number of imidazole rings is 1. The highest BCUT2D eigenvalue weighted by molar-refractivity contribution is 14.0. The third kappa shape index (κ3) is 5.99. The molecule has 6 nitrogen and oxygen atoms in total. The Kier molecular flexibility index (Phi) is 8.17. The third-order valence-electron chi connectivity index (χ3n) is 3.82. The van der Waals surface area contributed by atoms with Gasteiger partial charge in [0, 0.05) is 44.3 Å². The highest BCUT2D eigenvalue weighted by Gasteiger charge is 2.06. The quantitative estimate of drug-likeness (QED) is 0.310. The summed E-state index contributed by atoms with van der Waals surface area (Å²) in [7, 11) is 1.71. The van der Waals surface area contributed by atoms with Gasteiger partial charge in [-0.25, -0.2) is 14.4 Å². The predicted molar refractivity (Wildman–Crippen MR) is 118 cm³/mol. The first-order chi connectivity index (χ1) is 12.7. The van der Waals surface area contributed by atoms with E-state index in [1.165, 1.54) is 6.07 Å². The predicted octanol–water partition coefficient (Wildman–Crippen LogP) is 3.30. The highest BCUT2D eigenvalue weighted by atomic mass is 127. The summed E-state index contributed by atoms with van der Waals surface area (Å²) in [4.78, 5) is 12.6. The summed E-state index contributed by atoms with van der Waals surface area (Å²) in [5.74, 6) is 0.389. The van der Waals surface area contributed by atoms with Crippen molar-refractivity contribution in [3.63, 3.8) is 0 Å². The number of nitrogens with one attached hydrogen (secondary N) is 2. The van der Waals surface area contributed by atoms with E-state index in [0.29, 0.717) is 18.2 Å². The number of thiazole rings is 1. The molecule has 0 spiro atoms. The molecule has 2 aromatic heterocycles. The number of nitrogens with zero attached hydrogens (tertiary/aromatic N) is 4. The standard InChI is InChI=1S/C18H21FN6S.HI/c1-13-24-15(11-26-13)5-6-22-18(20-2)23-10-14-3-4-17(16(19)9-14)25-8-7-21-12-25;/h3-4,7-9,11-12H,5-6,10H2,1-2H3,(H2,20,22,23);1H. The molecular formula is C18H22FIN6S. The highest BCUT2D eigenvalue weighted by Crippen LogP contribution is 2.15. The van der Waals surface area contributed by atoms with Gasteiger partial charge in [-0.1, -0.05) is 6.07 Å². The molecule has 27 heavy (non-hydrogen) atoms. The maximum atomic E-state index is 14.3. The lowest BCUT2D eigenvalue weighted by Crippen LogP contribution is -2.37. The molecule has 0 saturated carbocycles. The Labute approximate surface area is 179 Å². The van der Waals surface area contributed by atoms with Gasteiger partial charge >= 0.3 is 0 Å². The number of halogens is 2. The van der Waals surface area contributed by atoms with Crippen molar-refractivity contribution in [3.8, 4) is 5.69 Å². The minimum atomic E-state index is -0.288. The monoisotopic (exact) mass is 500 g/mol. The summed E-state index contributed by atoms with van der Waals surface area (Å²) in [6.45, 7) is 3.21. The second-order valence-electron chi connectivity index (χ2n) is 5.72. The van der Waals surface area contributed by atoms with E-state index in [9.17, 15) is 4.39 Å². The fourth-order valence-corrected chi connectivity index (χ4v) is 3.16. The molecule has 0 radical (unpaired) electrons. The first kappa shape index (κ1) is 21.3. The SMILES string of the molecule is CN=C(NCCc1csc(C)n1)NCc1ccc(-n2ccnc2)c(F)c1.I. The molecule has 0 aliphatic carbocycles. The van der Waals surface area contributed by atoms with Crippen LogP contribution >= 0.6 is 35.3 Å². The maximum absolute atomic E-state index is 14.3. The second kappa shape index (κ2) is 10.4. The van der Waals surface area contributed by atoms with Gasteiger partial charge in [-0.05, 0) is 24.6 Å². The van der Waals surface area contributed by atoms with Crippen LogP contribution in [0.2, 0.25) is 0 Å². The molecule has 0 aliphatic heterocycles. The van der Waals surface area contributed by atoms with Crippen LogP contribution < -0.4 is 10.6 Å². The number of aromatic nitrogens is 3. The molecular weight excluding hydrogens is 478 g/mol. The maximum Gasteiger partial charge on any atom is 0.191 e. The molecule has 2 heterocycles. The van der Waals surface area contributed by atoms with Gasteiger partial charge in [-0.2, -0.15) is 0 Å². The molecule has 2 N–H and O–H groups in total. The normalized spacial score (nSPS) is 11.1. The van der Waals surface area contributed by atoms with E-state index < -0.39 is 0 Å². The summed E-state index contributed by atoms with van der Waals surface area (Å²) in [6, 6.07) is 5.15. The van der Waals surface area contributed by atoms with Crippen molar-refractivity contribution >= 4 is 41.3 Å². The van der Waals surface area contributed by atoms with Crippen LogP contribution in [-0.4, -0.2) is 34.1 Å². The Bertz CT molecular complexity index is 878. The molecule has 3 rings (SSSR count). The molecule has 0 saturated heterocycles. The first-order valence-electron chi connectivity index (χ1n) is 8.28. The molecule has 1 aromatic carbocycles. The number of rotatable bonds is 6. The molecule has 0 aliphatic rings. The lowest BCUT2D eigenvalue weighted by Gasteiger charge is -2.12. The minimum absolute atomic E-state index is 0. The van der Waals surface area contributed by atoms with Gasteiger partial charge < -0.3 is 15.2 Å². The van der Waals surface area contributed by atoms with Gasteiger partial charge in [-0.3, -0.25) is 4.99 Å². The first-order valence-corrected chi connectivity index (χ1v) is 9.16. The van der Waals surface area contributed by atoms with E-state index in [2.05, 4.69) is 31.0 Å². The molecule has 0 fully saturated rings.